The summed E-state index contributed by atoms with van der Waals surface area (Å²) in [5.74, 6) is -1.43. The molecule has 0 aliphatic heterocycles. The Hall–Kier alpha value is -5.09. The minimum absolute atomic E-state index is 0.0886. The van der Waals surface area contributed by atoms with E-state index in [-0.39, 0.29) is 36.5 Å². The topological polar surface area (TPSA) is 124 Å². The maximum absolute atomic E-state index is 12.5. The van der Waals surface area contributed by atoms with Crippen LogP contribution in [0.3, 0.4) is 0 Å². The lowest BCUT2D eigenvalue weighted by molar-refractivity contribution is -0.145. The maximum Gasteiger partial charge on any atom is 0.343 e. The minimum atomic E-state index is -0.632. The fourth-order valence-electron chi connectivity index (χ4n) is 3.09. The lowest BCUT2D eigenvalue weighted by atomic mass is 10.1. The van der Waals surface area contributed by atoms with Crippen molar-refractivity contribution in [1.82, 2.24) is 0 Å². The molecule has 0 bridgehead atoms. The summed E-state index contributed by atoms with van der Waals surface area (Å²) in [6, 6.07) is 17.0. The molecule has 0 heterocycles. The van der Waals surface area contributed by atoms with Crippen LogP contribution in [0.2, 0.25) is 5.02 Å². The van der Waals surface area contributed by atoms with Crippen LogP contribution in [0.1, 0.15) is 26.3 Å². The third kappa shape index (κ3) is 9.86. The number of carbonyl (C=O) groups is 4. The summed E-state index contributed by atoms with van der Waals surface area (Å²) in [4.78, 5) is 46.9. The Morgan fingerprint density at radius 2 is 1.20 bits per heavy atom. The second-order valence-electron chi connectivity index (χ2n) is 7.95. The Kier molecular flexibility index (Phi) is 11.5. The molecule has 0 aromatic heterocycles. The van der Waals surface area contributed by atoms with Crippen molar-refractivity contribution < 1.29 is 47.6 Å². The van der Waals surface area contributed by atoms with Gasteiger partial charge in [0.15, 0.2) is 0 Å². The Morgan fingerprint density at radius 1 is 0.683 bits per heavy atom. The number of carbonyl (C=O) groups excluding carboxylic acids is 4. The van der Waals surface area contributed by atoms with Crippen LogP contribution in [0, 0.1) is 0 Å². The van der Waals surface area contributed by atoms with Crippen molar-refractivity contribution >= 4 is 35.5 Å². The quantitative estimate of drug-likeness (QED) is 0.0837. The molecular weight excluding hydrogens is 556 g/mol. The highest BCUT2D eigenvalue weighted by molar-refractivity contribution is 6.32. The monoisotopic (exact) mass is 580 g/mol. The lowest BCUT2D eigenvalue weighted by Crippen LogP contribution is -2.10. The summed E-state index contributed by atoms with van der Waals surface area (Å²) in [6.07, 6.45) is 2.42. The number of halogens is 1. The molecule has 0 N–H and O–H groups in total. The van der Waals surface area contributed by atoms with E-state index in [1.54, 1.807) is 30.3 Å². The van der Waals surface area contributed by atoms with Crippen LogP contribution >= 0.6 is 11.6 Å². The van der Waals surface area contributed by atoms with Crippen molar-refractivity contribution in [3.8, 4) is 17.2 Å². The zero-order valence-corrected chi connectivity index (χ0v) is 22.5. The molecule has 0 atom stereocenters. The molecule has 3 aromatic carbocycles. The van der Waals surface area contributed by atoms with Crippen molar-refractivity contribution in [3.05, 3.63) is 114 Å². The van der Waals surface area contributed by atoms with Crippen LogP contribution < -0.4 is 14.2 Å². The minimum Gasteiger partial charge on any atom is -0.462 e. The predicted octanol–water partition coefficient (Wildman–Crippen LogP) is 5.09. The number of benzene rings is 3. The average molecular weight is 581 g/mol. The van der Waals surface area contributed by atoms with Gasteiger partial charge in [0, 0.05) is 18.6 Å². The van der Waals surface area contributed by atoms with Crippen molar-refractivity contribution in [2.75, 3.05) is 20.2 Å². The highest BCUT2D eigenvalue weighted by Crippen LogP contribution is 2.27. The van der Waals surface area contributed by atoms with E-state index < -0.39 is 23.9 Å². The van der Waals surface area contributed by atoms with E-state index in [1.165, 1.54) is 36.4 Å². The predicted molar refractivity (Wildman–Crippen MR) is 147 cm³/mol. The Labute approximate surface area is 240 Å². The van der Waals surface area contributed by atoms with E-state index in [0.29, 0.717) is 23.5 Å². The van der Waals surface area contributed by atoms with E-state index in [9.17, 15) is 19.2 Å². The molecule has 0 aliphatic carbocycles. The molecule has 0 fully saturated rings. The van der Waals surface area contributed by atoms with Gasteiger partial charge in [-0.1, -0.05) is 30.8 Å². The summed E-state index contributed by atoms with van der Waals surface area (Å²) in [6.45, 7) is 6.08. The van der Waals surface area contributed by atoms with E-state index >= 15 is 0 Å². The second-order valence-corrected chi connectivity index (χ2v) is 8.36. The smallest absolute Gasteiger partial charge is 0.343 e. The first-order chi connectivity index (χ1) is 19.8. The van der Waals surface area contributed by atoms with Gasteiger partial charge in [-0.05, 0) is 66.2 Å². The summed E-state index contributed by atoms with van der Waals surface area (Å²) >= 11 is 6.30. The van der Waals surface area contributed by atoms with E-state index in [0.717, 1.165) is 17.7 Å². The number of rotatable bonds is 14. The third-order valence-corrected chi connectivity index (χ3v) is 5.49. The molecule has 0 unspecified atom stereocenters. The van der Waals surface area contributed by atoms with Crippen molar-refractivity contribution in [2.45, 2.75) is 6.42 Å². The van der Waals surface area contributed by atoms with Gasteiger partial charge in [-0.25, -0.2) is 19.2 Å². The van der Waals surface area contributed by atoms with Crippen molar-refractivity contribution in [1.29, 1.82) is 0 Å². The molecule has 0 amide bonds. The fourth-order valence-corrected chi connectivity index (χ4v) is 3.33. The lowest BCUT2D eigenvalue weighted by Gasteiger charge is -2.10. The van der Waals surface area contributed by atoms with Gasteiger partial charge in [-0.3, -0.25) is 0 Å². The van der Waals surface area contributed by atoms with Gasteiger partial charge in [-0.15, -0.1) is 0 Å². The zero-order chi connectivity index (χ0) is 29.6. The highest BCUT2D eigenvalue weighted by atomic mass is 35.5. The van der Waals surface area contributed by atoms with E-state index in [1.807, 2.05) is 0 Å². The summed E-state index contributed by atoms with van der Waals surface area (Å²) in [5, 5.41) is 0.209. The Bertz CT molecular complexity index is 1400. The molecule has 212 valence electrons. The number of ether oxygens (including phenoxy) is 6. The first kappa shape index (κ1) is 30.5. The molecule has 11 heteroatoms. The van der Waals surface area contributed by atoms with Crippen molar-refractivity contribution in [2.24, 2.45) is 0 Å². The van der Waals surface area contributed by atoms with Gasteiger partial charge >= 0.3 is 23.9 Å². The second kappa shape index (κ2) is 15.5. The third-order valence-electron chi connectivity index (χ3n) is 5.19. The van der Waals surface area contributed by atoms with Crippen molar-refractivity contribution in [3.63, 3.8) is 0 Å². The number of hydrogen-bond acceptors (Lipinski definition) is 10. The largest absolute Gasteiger partial charge is 0.462 e. The number of hydrogen-bond donors (Lipinski definition) is 0. The van der Waals surface area contributed by atoms with Gasteiger partial charge in [0.05, 0.1) is 22.8 Å². The normalized spacial score (nSPS) is 10.1. The highest BCUT2D eigenvalue weighted by Gasteiger charge is 2.13. The summed E-state index contributed by atoms with van der Waals surface area (Å²) < 4.78 is 30.6. The molecular formula is C30H25ClO10. The van der Waals surface area contributed by atoms with E-state index in [2.05, 4.69) is 13.2 Å². The van der Waals surface area contributed by atoms with Gasteiger partial charge in [0.25, 0.3) is 0 Å². The molecule has 41 heavy (non-hydrogen) atoms. The van der Waals surface area contributed by atoms with Crippen LogP contribution in [-0.2, 0) is 30.2 Å². The molecule has 0 aliphatic rings. The molecule has 3 rings (SSSR count). The average Bonchev–Trinajstić information content (AvgIpc) is 2.98. The zero-order valence-electron chi connectivity index (χ0n) is 21.7. The molecule has 3 aromatic rings. The standard InChI is InChI=1S/C30H25ClO10/c1-3-27(32)39-18-37-23-10-6-21(7-11-23)29(34)36-16-15-20-5-14-26(25(31)17-20)41-30(35)22-8-12-24(13-9-22)38-19-40-28(33)4-2/h3-14,17H,1-2,15-16,18-19H2. The van der Waals surface area contributed by atoms with Crippen LogP contribution in [0.4, 0.5) is 0 Å². The van der Waals surface area contributed by atoms with Gasteiger partial charge in [-0.2, -0.15) is 0 Å². The van der Waals surface area contributed by atoms with Gasteiger partial charge < -0.3 is 28.4 Å². The van der Waals surface area contributed by atoms with Crippen LogP contribution in [0.5, 0.6) is 17.2 Å². The molecule has 10 nitrogen and oxygen atoms in total. The molecule has 0 saturated carbocycles. The Morgan fingerprint density at radius 3 is 1.68 bits per heavy atom. The first-order valence-electron chi connectivity index (χ1n) is 12.0. The fraction of sp³-hybridized carbons (Fsp3) is 0.133. The SMILES string of the molecule is C=CC(=O)OCOc1ccc(C(=O)OCCc2ccc(OC(=O)c3ccc(OCOC(=O)C=C)cc3)c(Cl)c2)cc1. The van der Waals surface area contributed by atoms with Gasteiger partial charge in [0.2, 0.25) is 13.6 Å². The molecule has 0 spiro atoms. The maximum atomic E-state index is 12.5. The van der Waals surface area contributed by atoms with Crippen LogP contribution in [-0.4, -0.2) is 44.1 Å². The Balaban J connectivity index is 1.44. The number of esters is 4. The first-order valence-corrected chi connectivity index (χ1v) is 12.4. The molecule has 0 saturated heterocycles. The van der Waals surface area contributed by atoms with E-state index in [4.69, 9.17) is 40.0 Å². The van der Waals surface area contributed by atoms with Crippen LogP contribution in [0.25, 0.3) is 0 Å². The van der Waals surface area contributed by atoms with Gasteiger partial charge in [0.1, 0.15) is 17.2 Å². The van der Waals surface area contributed by atoms with Crippen LogP contribution in [0.15, 0.2) is 92.0 Å². The summed E-state index contributed by atoms with van der Waals surface area (Å²) in [7, 11) is 0. The molecule has 0 radical (unpaired) electrons. The summed E-state index contributed by atoms with van der Waals surface area (Å²) in [5.41, 5.74) is 1.33.